The first kappa shape index (κ1) is 12.7. The molecule has 1 rings (SSSR count). The van der Waals surface area contributed by atoms with E-state index in [-0.39, 0.29) is 35.5 Å². The van der Waals surface area contributed by atoms with Crippen LogP contribution < -0.4 is 5.32 Å². The molecule has 0 N–H and O–H groups in total. The van der Waals surface area contributed by atoms with Crippen LogP contribution in [0.15, 0.2) is 30.3 Å². The Morgan fingerprint density at radius 3 is 2.46 bits per heavy atom. The Morgan fingerprint density at radius 1 is 1.31 bits per heavy atom. The second kappa shape index (κ2) is 7.13. The number of amides is 1. The third-order valence-corrected chi connectivity index (χ3v) is 1.58. The van der Waals surface area contributed by atoms with Crippen molar-refractivity contribution in [3.8, 4) is 0 Å². The minimum atomic E-state index is -0.0288. The summed E-state index contributed by atoms with van der Waals surface area (Å²) in [4.78, 5) is 10.8. The van der Waals surface area contributed by atoms with Gasteiger partial charge in [0.1, 0.15) is 0 Å². The van der Waals surface area contributed by atoms with Crippen LogP contribution in [-0.4, -0.2) is 35.5 Å². The van der Waals surface area contributed by atoms with Gasteiger partial charge < -0.3 is 0 Å². The van der Waals surface area contributed by atoms with Crippen LogP contribution in [0.4, 0.5) is 0 Å². The van der Waals surface area contributed by atoms with Crippen LogP contribution in [0.3, 0.4) is 0 Å². The van der Waals surface area contributed by atoms with Crippen molar-refractivity contribution in [1.82, 2.24) is 5.32 Å². The molecule has 0 saturated heterocycles. The zero-order valence-electron chi connectivity index (χ0n) is 7.16. The molecule has 1 aromatic rings. The molecule has 1 aromatic carbocycles. The summed E-state index contributed by atoms with van der Waals surface area (Å²) in [5.41, 5.74) is 1.08. The summed E-state index contributed by atoms with van der Waals surface area (Å²) in [6.07, 6.45) is 0.493. The van der Waals surface area contributed by atoms with Gasteiger partial charge in [0.15, 0.2) is 0 Å². The number of carbonyl (C=O) groups excluding carboxylic acids is 1. The predicted molar refractivity (Wildman–Crippen MR) is 54.7 cm³/mol. The summed E-state index contributed by atoms with van der Waals surface area (Å²) >= 11 is 0. The molecule has 65 valence electrons. The van der Waals surface area contributed by atoms with E-state index in [2.05, 4.69) is 5.32 Å². The molecule has 0 bridgehead atoms. The normalized spacial score (nSPS) is 8.69. The monoisotopic (exact) mass is 186 g/mol. The number of nitrogens with zero attached hydrogens (tertiary/aromatic N) is 1. The Kier molecular flexibility index (Phi) is 6.96. The van der Waals surface area contributed by atoms with Gasteiger partial charge in [-0.25, -0.2) is 5.32 Å². The van der Waals surface area contributed by atoms with Gasteiger partial charge in [-0.05, 0) is 5.56 Å². The summed E-state index contributed by atoms with van der Waals surface area (Å²) in [6, 6.07) is 9.77. The zero-order chi connectivity index (χ0) is 8.81. The third-order valence-electron chi connectivity index (χ3n) is 1.58. The van der Waals surface area contributed by atoms with Crippen molar-refractivity contribution in [2.45, 2.75) is 19.9 Å². The minimum absolute atomic E-state index is 0. The zero-order valence-corrected chi connectivity index (χ0v) is 7.16. The SMILES string of the molecule is CCC(=O)[N]Cc1ccccc1.[NaH]. The van der Waals surface area contributed by atoms with Crippen molar-refractivity contribution in [1.29, 1.82) is 0 Å². The van der Waals surface area contributed by atoms with Crippen LogP contribution in [-0.2, 0) is 11.3 Å². The van der Waals surface area contributed by atoms with Gasteiger partial charge in [0.25, 0.3) is 0 Å². The van der Waals surface area contributed by atoms with Crippen molar-refractivity contribution >= 4 is 35.5 Å². The van der Waals surface area contributed by atoms with Crippen LogP contribution in [0.1, 0.15) is 18.9 Å². The molecule has 0 saturated carbocycles. The van der Waals surface area contributed by atoms with E-state index in [0.717, 1.165) is 5.56 Å². The summed E-state index contributed by atoms with van der Waals surface area (Å²) in [7, 11) is 0. The fraction of sp³-hybridized carbons (Fsp3) is 0.300. The Bertz CT molecular complexity index is 248. The third kappa shape index (κ3) is 5.09. The predicted octanol–water partition coefficient (Wildman–Crippen LogP) is 1.08. The second-order valence-corrected chi connectivity index (χ2v) is 2.55. The van der Waals surface area contributed by atoms with Crippen LogP contribution >= 0.6 is 0 Å². The van der Waals surface area contributed by atoms with Gasteiger partial charge in [-0.3, -0.25) is 4.79 Å². The van der Waals surface area contributed by atoms with Crippen LogP contribution in [0, 0.1) is 0 Å². The summed E-state index contributed by atoms with van der Waals surface area (Å²) < 4.78 is 0. The first-order valence-corrected chi connectivity index (χ1v) is 4.07. The van der Waals surface area contributed by atoms with Gasteiger partial charge in [0.05, 0.1) is 6.54 Å². The molecule has 1 radical (unpaired) electrons. The summed E-state index contributed by atoms with van der Waals surface area (Å²) in [5.74, 6) is -0.0288. The van der Waals surface area contributed by atoms with E-state index in [0.29, 0.717) is 13.0 Å². The fourth-order valence-corrected chi connectivity index (χ4v) is 0.875. The van der Waals surface area contributed by atoms with E-state index < -0.39 is 0 Å². The van der Waals surface area contributed by atoms with E-state index >= 15 is 0 Å². The van der Waals surface area contributed by atoms with Crippen molar-refractivity contribution in [2.24, 2.45) is 0 Å². The van der Waals surface area contributed by atoms with Crippen molar-refractivity contribution in [3.63, 3.8) is 0 Å². The van der Waals surface area contributed by atoms with Crippen LogP contribution in [0.5, 0.6) is 0 Å². The number of benzene rings is 1. The number of carbonyl (C=O) groups is 1. The standard InChI is InChI=1S/C10H12NO.Na.H/c1-2-10(12)11-8-9-6-4-3-5-7-9;;/h3-7H,2,8H2,1H3;;. The molecule has 0 atom stereocenters. The van der Waals surface area contributed by atoms with Gasteiger partial charge in [-0.2, -0.15) is 0 Å². The Balaban J connectivity index is 0.00000144. The van der Waals surface area contributed by atoms with E-state index in [4.69, 9.17) is 0 Å². The van der Waals surface area contributed by atoms with Crippen molar-refractivity contribution in [2.75, 3.05) is 0 Å². The second-order valence-electron chi connectivity index (χ2n) is 2.55. The number of hydrogen-bond acceptors (Lipinski definition) is 1. The molecule has 0 unspecified atom stereocenters. The molecule has 13 heavy (non-hydrogen) atoms. The maximum absolute atomic E-state index is 10.8. The molecular weight excluding hydrogens is 173 g/mol. The van der Waals surface area contributed by atoms with Gasteiger partial charge in [0.2, 0.25) is 5.91 Å². The van der Waals surface area contributed by atoms with Gasteiger partial charge in [0, 0.05) is 6.42 Å². The molecule has 0 aliphatic rings. The Hall–Kier alpha value is -0.310. The van der Waals surface area contributed by atoms with E-state index in [1.165, 1.54) is 0 Å². The van der Waals surface area contributed by atoms with Gasteiger partial charge >= 0.3 is 29.6 Å². The summed E-state index contributed by atoms with van der Waals surface area (Å²) in [6.45, 7) is 2.32. The molecule has 3 heteroatoms. The molecule has 0 fully saturated rings. The summed E-state index contributed by atoms with van der Waals surface area (Å²) in [5, 5.41) is 3.87. The molecule has 1 amide bonds. The van der Waals surface area contributed by atoms with Gasteiger partial charge in [-0.15, -0.1) is 0 Å². The van der Waals surface area contributed by atoms with E-state index in [1.54, 1.807) is 0 Å². The number of hydrogen-bond donors (Lipinski definition) is 0. The molecular formula is C10H13NNaO. The maximum atomic E-state index is 10.8. The first-order chi connectivity index (χ1) is 5.83. The molecule has 2 nitrogen and oxygen atoms in total. The van der Waals surface area contributed by atoms with Crippen molar-refractivity contribution in [3.05, 3.63) is 35.9 Å². The Labute approximate surface area is 101 Å². The van der Waals surface area contributed by atoms with Crippen LogP contribution in [0.2, 0.25) is 0 Å². The molecule has 0 aliphatic carbocycles. The average molecular weight is 186 g/mol. The average Bonchev–Trinajstić information content (AvgIpc) is 2.16. The van der Waals surface area contributed by atoms with Gasteiger partial charge in [-0.1, -0.05) is 37.3 Å². The topological polar surface area (TPSA) is 31.2 Å². The van der Waals surface area contributed by atoms with Crippen LogP contribution in [0.25, 0.3) is 0 Å². The Morgan fingerprint density at radius 2 is 1.92 bits per heavy atom. The molecule has 0 heterocycles. The number of rotatable bonds is 3. The molecule has 0 spiro atoms. The first-order valence-electron chi connectivity index (χ1n) is 4.07. The molecule has 0 aliphatic heterocycles. The fourth-order valence-electron chi connectivity index (χ4n) is 0.875. The van der Waals surface area contributed by atoms with E-state index in [9.17, 15) is 4.79 Å². The van der Waals surface area contributed by atoms with E-state index in [1.807, 2.05) is 37.3 Å². The quantitative estimate of drug-likeness (QED) is 0.650. The van der Waals surface area contributed by atoms with Crippen molar-refractivity contribution < 1.29 is 4.79 Å². The molecule has 0 aromatic heterocycles.